The molecule has 5 rings (SSSR count). The highest BCUT2D eigenvalue weighted by molar-refractivity contribution is 6.30. The zero-order valence-corrected chi connectivity index (χ0v) is 22.5. The zero-order chi connectivity index (χ0) is 25.8. The average Bonchev–Trinajstić information content (AvgIpc) is 3.37. The van der Waals surface area contributed by atoms with Gasteiger partial charge in [0, 0.05) is 35.9 Å². The van der Waals surface area contributed by atoms with Crippen molar-refractivity contribution in [2.24, 2.45) is 11.8 Å². The number of anilines is 1. The van der Waals surface area contributed by atoms with Gasteiger partial charge in [0.2, 0.25) is 17.6 Å². The minimum Gasteiger partial charge on any atom is -0.371 e. The van der Waals surface area contributed by atoms with Gasteiger partial charge in [-0.05, 0) is 74.9 Å². The van der Waals surface area contributed by atoms with Crippen molar-refractivity contribution in [1.29, 1.82) is 0 Å². The van der Waals surface area contributed by atoms with Crippen LogP contribution in [0.5, 0.6) is 0 Å². The van der Waals surface area contributed by atoms with Crippen LogP contribution in [-0.4, -0.2) is 47.1 Å². The molecule has 196 valence electrons. The van der Waals surface area contributed by atoms with Crippen LogP contribution in [0.25, 0.3) is 11.4 Å². The Morgan fingerprint density at radius 2 is 1.95 bits per heavy atom. The molecule has 2 saturated heterocycles. The summed E-state index contributed by atoms with van der Waals surface area (Å²) in [5, 5.41) is 7.98. The number of nitrogens with one attached hydrogen (secondary N) is 1. The number of nitrogens with zero attached hydrogens (tertiary/aromatic N) is 4. The van der Waals surface area contributed by atoms with E-state index in [0.29, 0.717) is 29.8 Å². The first-order chi connectivity index (χ1) is 17.9. The SMILES string of the molecule is CC1CCCN(c2ccc(C(C)NC(=O)C3CCCN(Cc4nc(-c5cccc(Cl)c5)no4)C3)cc2)C1. The Hall–Kier alpha value is -2.90. The fourth-order valence-electron chi connectivity index (χ4n) is 5.48. The van der Waals surface area contributed by atoms with E-state index in [1.165, 1.54) is 18.5 Å². The fourth-order valence-corrected chi connectivity index (χ4v) is 5.67. The van der Waals surface area contributed by atoms with Crippen LogP contribution >= 0.6 is 11.6 Å². The van der Waals surface area contributed by atoms with Gasteiger partial charge in [0.25, 0.3) is 0 Å². The van der Waals surface area contributed by atoms with E-state index in [-0.39, 0.29) is 17.9 Å². The number of piperidine rings is 2. The minimum atomic E-state index is -0.0550. The fraction of sp³-hybridized carbons (Fsp3) is 0.483. The number of aromatic nitrogens is 2. The number of carbonyl (C=O) groups is 1. The highest BCUT2D eigenvalue weighted by Crippen LogP contribution is 2.26. The first-order valence-electron chi connectivity index (χ1n) is 13.4. The first kappa shape index (κ1) is 25.7. The third-order valence-corrected chi connectivity index (χ3v) is 7.80. The maximum atomic E-state index is 13.1. The molecule has 0 bridgehead atoms. The number of hydrogen-bond donors (Lipinski definition) is 1. The number of likely N-dealkylation sites (tertiary alicyclic amines) is 1. The van der Waals surface area contributed by atoms with Gasteiger partial charge < -0.3 is 14.7 Å². The molecule has 8 heteroatoms. The molecule has 0 aliphatic carbocycles. The predicted octanol–water partition coefficient (Wildman–Crippen LogP) is 5.72. The molecule has 0 saturated carbocycles. The summed E-state index contributed by atoms with van der Waals surface area (Å²) < 4.78 is 5.49. The number of carbonyl (C=O) groups excluding carboxylic acids is 1. The van der Waals surface area contributed by atoms with Gasteiger partial charge in [-0.2, -0.15) is 4.98 Å². The molecule has 2 aliphatic heterocycles. The molecule has 0 radical (unpaired) electrons. The zero-order valence-electron chi connectivity index (χ0n) is 21.7. The van der Waals surface area contributed by atoms with Crippen LogP contribution in [-0.2, 0) is 11.3 Å². The van der Waals surface area contributed by atoms with E-state index in [0.717, 1.165) is 49.5 Å². The lowest BCUT2D eigenvalue weighted by atomic mass is 9.96. The molecule has 3 unspecified atom stereocenters. The van der Waals surface area contributed by atoms with Gasteiger partial charge in [-0.15, -0.1) is 0 Å². The summed E-state index contributed by atoms with van der Waals surface area (Å²) in [6.07, 6.45) is 4.42. The van der Waals surface area contributed by atoms with E-state index in [1.807, 2.05) is 24.3 Å². The highest BCUT2D eigenvalue weighted by Gasteiger charge is 2.28. The third kappa shape index (κ3) is 6.51. The molecule has 3 atom stereocenters. The Morgan fingerprint density at radius 3 is 2.73 bits per heavy atom. The lowest BCUT2D eigenvalue weighted by molar-refractivity contribution is -0.127. The van der Waals surface area contributed by atoms with Gasteiger partial charge >= 0.3 is 0 Å². The number of benzene rings is 2. The summed E-state index contributed by atoms with van der Waals surface area (Å²) in [5.41, 5.74) is 3.23. The van der Waals surface area contributed by atoms with E-state index >= 15 is 0 Å². The molecule has 3 heterocycles. The van der Waals surface area contributed by atoms with Crippen molar-refractivity contribution in [2.45, 2.75) is 52.1 Å². The molecular formula is C29H36ClN5O2. The molecule has 3 aromatic rings. The van der Waals surface area contributed by atoms with Crippen molar-refractivity contribution in [2.75, 3.05) is 31.1 Å². The van der Waals surface area contributed by atoms with Gasteiger partial charge in [-0.25, -0.2) is 0 Å². The quantitative estimate of drug-likeness (QED) is 0.429. The normalized spacial score (nSPS) is 21.5. The van der Waals surface area contributed by atoms with Crippen LogP contribution in [0.1, 0.15) is 57.0 Å². The topological polar surface area (TPSA) is 74.5 Å². The van der Waals surface area contributed by atoms with E-state index in [4.69, 9.17) is 16.1 Å². The summed E-state index contributed by atoms with van der Waals surface area (Å²) in [6.45, 7) is 8.75. The minimum absolute atomic E-state index is 0.0339. The Kier molecular flexibility index (Phi) is 8.11. The van der Waals surface area contributed by atoms with E-state index in [2.05, 4.69) is 63.4 Å². The lowest BCUT2D eigenvalue weighted by Gasteiger charge is -2.33. The van der Waals surface area contributed by atoms with Crippen molar-refractivity contribution in [3.05, 3.63) is 65.0 Å². The van der Waals surface area contributed by atoms with Crippen LogP contribution in [0.3, 0.4) is 0 Å². The van der Waals surface area contributed by atoms with Crippen LogP contribution < -0.4 is 10.2 Å². The molecule has 1 N–H and O–H groups in total. The lowest BCUT2D eigenvalue weighted by Crippen LogP contribution is -2.43. The second-order valence-electron chi connectivity index (χ2n) is 10.6. The molecule has 2 aliphatic rings. The Labute approximate surface area is 224 Å². The predicted molar refractivity (Wildman–Crippen MR) is 146 cm³/mol. The van der Waals surface area contributed by atoms with Crippen LogP contribution in [0.4, 0.5) is 5.69 Å². The number of hydrogen-bond acceptors (Lipinski definition) is 6. The number of rotatable bonds is 7. The third-order valence-electron chi connectivity index (χ3n) is 7.56. The van der Waals surface area contributed by atoms with Crippen molar-refractivity contribution >= 4 is 23.2 Å². The second kappa shape index (κ2) is 11.7. The van der Waals surface area contributed by atoms with Crippen molar-refractivity contribution in [1.82, 2.24) is 20.4 Å². The summed E-state index contributed by atoms with van der Waals surface area (Å²) in [4.78, 5) is 22.4. The number of amides is 1. The molecule has 37 heavy (non-hydrogen) atoms. The van der Waals surface area contributed by atoms with Crippen molar-refractivity contribution in [3.8, 4) is 11.4 Å². The molecule has 0 spiro atoms. The maximum absolute atomic E-state index is 13.1. The van der Waals surface area contributed by atoms with Gasteiger partial charge in [0.1, 0.15) is 0 Å². The largest absolute Gasteiger partial charge is 0.371 e. The highest BCUT2D eigenvalue weighted by atomic mass is 35.5. The molecule has 2 fully saturated rings. The van der Waals surface area contributed by atoms with E-state index in [1.54, 1.807) is 0 Å². The van der Waals surface area contributed by atoms with Gasteiger partial charge in [0.15, 0.2) is 0 Å². The summed E-state index contributed by atoms with van der Waals surface area (Å²) in [6, 6.07) is 16.1. The van der Waals surface area contributed by atoms with E-state index in [9.17, 15) is 4.79 Å². The summed E-state index contributed by atoms with van der Waals surface area (Å²) in [5.74, 6) is 1.87. The van der Waals surface area contributed by atoms with Gasteiger partial charge in [-0.3, -0.25) is 9.69 Å². The van der Waals surface area contributed by atoms with Crippen LogP contribution in [0, 0.1) is 11.8 Å². The molecule has 2 aromatic carbocycles. The second-order valence-corrected chi connectivity index (χ2v) is 11.0. The standard InChI is InChI=1S/C29H36ClN5O2/c1-20-6-4-15-35(17-20)26-12-10-22(11-13-26)21(2)31-29(36)24-8-5-14-34(18-24)19-27-32-28(33-37-27)23-7-3-9-25(30)16-23/h3,7,9-13,16,20-21,24H,4-6,8,14-15,17-19H2,1-2H3,(H,31,36). The van der Waals surface area contributed by atoms with E-state index < -0.39 is 0 Å². The summed E-state index contributed by atoms with van der Waals surface area (Å²) >= 11 is 6.09. The summed E-state index contributed by atoms with van der Waals surface area (Å²) in [7, 11) is 0. The Bertz CT molecular complexity index is 1200. The molecule has 1 amide bonds. The molecule has 7 nitrogen and oxygen atoms in total. The molecule has 1 aromatic heterocycles. The average molecular weight is 522 g/mol. The first-order valence-corrected chi connectivity index (χ1v) is 13.8. The Balaban J connectivity index is 1.14. The monoisotopic (exact) mass is 521 g/mol. The smallest absolute Gasteiger partial charge is 0.241 e. The van der Waals surface area contributed by atoms with Gasteiger partial charge in [0.05, 0.1) is 18.5 Å². The number of halogens is 1. The Morgan fingerprint density at radius 1 is 1.14 bits per heavy atom. The molecular weight excluding hydrogens is 486 g/mol. The van der Waals surface area contributed by atoms with Crippen molar-refractivity contribution < 1.29 is 9.32 Å². The van der Waals surface area contributed by atoms with Crippen LogP contribution in [0.15, 0.2) is 53.1 Å². The maximum Gasteiger partial charge on any atom is 0.241 e. The van der Waals surface area contributed by atoms with Crippen molar-refractivity contribution in [3.63, 3.8) is 0 Å². The van der Waals surface area contributed by atoms with Crippen LogP contribution in [0.2, 0.25) is 5.02 Å². The van der Waals surface area contributed by atoms with Gasteiger partial charge in [-0.1, -0.05) is 47.9 Å².